The fraction of sp³-hybridized carbons (Fsp3) is 0.154. The molecule has 2 aromatic heterocycles. The molecule has 0 bridgehead atoms. The summed E-state index contributed by atoms with van der Waals surface area (Å²) in [6.07, 6.45) is 1.96. The van der Waals surface area contributed by atoms with Crippen molar-refractivity contribution in [3.63, 3.8) is 0 Å². The molecule has 2 heterocycles. The second kappa shape index (κ2) is 10.7. The molecule has 0 saturated carbocycles. The van der Waals surface area contributed by atoms with Gasteiger partial charge < -0.3 is 10.1 Å². The van der Waals surface area contributed by atoms with Gasteiger partial charge in [0.05, 0.1) is 16.6 Å². The van der Waals surface area contributed by atoms with Gasteiger partial charge >= 0.3 is 5.97 Å². The van der Waals surface area contributed by atoms with Gasteiger partial charge in [0.25, 0.3) is 5.91 Å². The number of amides is 1. The minimum atomic E-state index is -0.698. The van der Waals surface area contributed by atoms with Crippen LogP contribution in [0.1, 0.15) is 22.8 Å². The maximum Gasteiger partial charge on any atom is 0.342 e. The number of hydrogen-bond donors (Lipinski definition) is 1. The van der Waals surface area contributed by atoms with Crippen molar-refractivity contribution in [2.45, 2.75) is 19.4 Å². The number of carbonyl (C=O) groups is 3. The van der Waals surface area contributed by atoms with Crippen LogP contribution < -0.4 is 5.32 Å². The first-order valence-electron chi connectivity index (χ1n) is 10.7. The molecule has 0 aliphatic rings. The first kappa shape index (κ1) is 23.1. The van der Waals surface area contributed by atoms with E-state index in [1.54, 1.807) is 10.9 Å². The van der Waals surface area contributed by atoms with Crippen molar-refractivity contribution in [1.82, 2.24) is 15.1 Å². The van der Waals surface area contributed by atoms with E-state index in [1.807, 2.05) is 78.2 Å². The Hall–Kier alpha value is -4.04. The topological polar surface area (TPSA) is 90.3 Å². The van der Waals surface area contributed by atoms with Crippen molar-refractivity contribution in [3.8, 4) is 16.3 Å². The largest absolute Gasteiger partial charge is 0.452 e. The zero-order valence-corrected chi connectivity index (χ0v) is 19.3. The lowest BCUT2D eigenvalue weighted by molar-refractivity contribution is -0.128. The number of thiophene rings is 1. The molecule has 8 heteroatoms. The second-order valence-corrected chi connectivity index (χ2v) is 8.59. The molecule has 7 nitrogen and oxygen atoms in total. The summed E-state index contributed by atoms with van der Waals surface area (Å²) in [7, 11) is 0. The Labute approximate surface area is 201 Å². The van der Waals surface area contributed by atoms with Gasteiger partial charge in [0, 0.05) is 6.20 Å². The van der Waals surface area contributed by atoms with E-state index in [0.29, 0.717) is 12.1 Å². The molecule has 0 aliphatic carbocycles. The molecule has 0 radical (unpaired) electrons. The van der Waals surface area contributed by atoms with Gasteiger partial charge in [-0.05, 0) is 42.5 Å². The Morgan fingerprint density at radius 1 is 1.00 bits per heavy atom. The maximum atomic E-state index is 12.9. The number of nitrogens with one attached hydrogen (secondary N) is 1. The van der Waals surface area contributed by atoms with Gasteiger partial charge in [-0.2, -0.15) is 5.10 Å². The molecular weight excluding hydrogens is 450 g/mol. The molecule has 1 amide bonds. The Balaban J connectivity index is 1.45. The summed E-state index contributed by atoms with van der Waals surface area (Å²) in [5.74, 6) is -1.38. The number of ether oxygens (including phenoxy) is 1. The monoisotopic (exact) mass is 473 g/mol. The van der Waals surface area contributed by atoms with E-state index in [9.17, 15) is 14.4 Å². The lowest BCUT2D eigenvalue weighted by atomic mass is 10.0. The highest BCUT2D eigenvalue weighted by molar-refractivity contribution is 7.13. The fourth-order valence-corrected chi connectivity index (χ4v) is 4.15. The summed E-state index contributed by atoms with van der Waals surface area (Å²) in [5, 5.41) is 9.13. The molecule has 172 valence electrons. The lowest BCUT2D eigenvalue weighted by Gasteiger charge is -2.16. The van der Waals surface area contributed by atoms with Crippen molar-refractivity contribution in [1.29, 1.82) is 0 Å². The number of carbonyl (C=O) groups excluding carboxylic acids is 3. The highest BCUT2D eigenvalue weighted by atomic mass is 32.1. The minimum Gasteiger partial charge on any atom is -0.452 e. The normalized spacial score (nSPS) is 11.6. The van der Waals surface area contributed by atoms with Crippen LogP contribution in [0, 0.1) is 0 Å². The summed E-state index contributed by atoms with van der Waals surface area (Å²) in [5.41, 5.74) is 2.46. The third kappa shape index (κ3) is 5.65. The molecule has 0 unspecified atom stereocenters. The number of hydrogen-bond acceptors (Lipinski definition) is 6. The third-order valence-electron chi connectivity index (χ3n) is 5.15. The van der Waals surface area contributed by atoms with E-state index in [0.717, 1.165) is 16.1 Å². The number of rotatable bonds is 9. The lowest BCUT2D eigenvalue weighted by Crippen LogP contribution is -2.43. The molecule has 0 saturated heterocycles. The first-order valence-corrected chi connectivity index (χ1v) is 11.6. The Kier molecular flexibility index (Phi) is 7.29. The summed E-state index contributed by atoms with van der Waals surface area (Å²) < 4.78 is 6.91. The Morgan fingerprint density at radius 3 is 2.35 bits per heavy atom. The number of aromatic nitrogens is 2. The molecule has 4 rings (SSSR count). The van der Waals surface area contributed by atoms with Crippen molar-refractivity contribution >= 4 is 29.0 Å². The SMILES string of the molecule is CC(=O)[C@@H](Cc1ccccc1)NC(=O)COC(=O)c1cn(-c2ccccc2)nc1-c1cccs1. The van der Waals surface area contributed by atoms with E-state index in [2.05, 4.69) is 10.4 Å². The van der Waals surface area contributed by atoms with Gasteiger partial charge in [0.15, 0.2) is 12.4 Å². The quantitative estimate of drug-likeness (QED) is 0.370. The van der Waals surface area contributed by atoms with E-state index in [-0.39, 0.29) is 11.3 Å². The number of Topliss-reactive ketones (excluding diaryl/α,β-unsaturated/α-hetero) is 1. The van der Waals surface area contributed by atoms with Gasteiger partial charge in [0.2, 0.25) is 0 Å². The molecule has 1 atom stereocenters. The van der Waals surface area contributed by atoms with E-state index in [1.165, 1.54) is 18.3 Å². The van der Waals surface area contributed by atoms with Crippen LogP contribution in [0.3, 0.4) is 0 Å². The first-order chi connectivity index (χ1) is 16.5. The van der Waals surface area contributed by atoms with E-state index in [4.69, 9.17) is 4.74 Å². The minimum absolute atomic E-state index is 0.173. The zero-order chi connectivity index (χ0) is 23.9. The molecule has 0 fully saturated rings. The molecule has 4 aromatic rings. The van der Waals surface area contributed by atoms with Crippen molar-refractivity contribution in [2.75, 3.05) is 6.61 Å². The molecule has 34 heavy (non-hydrogen) atoms. The number of benzene rings is 2. The number of esters is 1. The molecule has 0 aliphatic heterocycles. The van der Waals surface area contributed by atoms with Crippen molar-refractivity contribution in [3.05, 3.63) is 95.5 Å². The third-order valence-corrected chi connectivity index (χ3v) is 6.03. The maximum absolute atomic E-state index is 12.9. The van der Waals surface area contributed by atoms with Crippen LogP contribution in [-0.4, -0.2) is 40.1 Å². The fourth-order valence-electron chi connectivity index (χ4n) is 3.42. The van der Waals surface area contributed by atoms with Crippen LogP contribution in [0.25, 0.3) is 16.3 Å². The average molecular weight is 474 g/mol. The zero-order valence-electron chi connectivity index (χ0n) is 18.5. The Morgan fingerprint density at radius 2 is 1.71 bits per heavy atom. The van der Waals surface area contributed by atoms with Gasteiger partial charge in [-0.1, -0.05) is 54.6 Å². The van der Waals surface area contributed by atoms with E-state index >= 15 is 0 Å². The predicted molar refractivity (Wildman–Crippen MR) is 130 cm³/mol. The van der Waals surface area contributed by atoms with Crippen LogP contribution in [0.2, 0.25) is 0 Å². The highest BCUT2D eigenvalue weighted by Crippen LogP contribution is 2.28. The van der Waals surface area contributed by atoms with Gasteiger partial charge in [0.1, 0.15) is 11.3 Å². The van der Waals surface area contributed by atoms with Crippen LogP contribution in [-0.2, 0) is 20.7 Å². The summed E-state index contributed by atoms with van der Waals surface area (Å²) in [6.45, 7) is 0.920. The molecule has 1 N–H and O–H groups in total. The van der Waals surface area contributed by atoms with Crippen LogP contribution in [0.15, 0.2) is 84.4 Å². The van der Waals surface area contributed by atoms with Gasteiger partial charge in [-0.3, -0.25) is 9.59 Å². The smallest absolute Gasteiger partial charge is 0.342 e. The summed E-state index contributed by atoms with van der Waals surface area (Å²) in [6, 6.07) is 21.9. The standard InChI is InChI=1S/C26H23N3O4S/c1-18(30)22(15-19-9-4-2-5-10-19)27-24(31)17-33-26(32)21-16-29(20-11-6-3-7-12-20)28-25(21)23-13-8-14-34-23/h2-14,16,22H,15,17H2,1H3,(H,27,31)/t22-/m1/s1. The van der Waals surface area contributed by atoms with Gasteiger partial charge in [-0.25, -0.2) is 9.48 Å². The average Bonchev–Trinajstić information content (AvgIpc) is 3.53. The number of para-hydroxylation sites is 1. The highest BCUT2D eigenvalue weighted by Gasteiger charge is 2.23. The molecule has 0 spiro atoms. The van der Waals surface area contributed by atoms with Gasteiger partial charge in [-0.15, -0.1) is 11.3 Å². The van der Waals surface area contributed by atoms with Crippen LogP contribution >= 0.6 is 11.3 Å². The van der Waals surface area contributed by atoms with Crippen LogP contribution in [0.5, 0.6) is 0 Å². The molecular formula is C26H23N3O4S. The van der Waals surface area contributed by atoms with Crippen LogP contribution in [0.4, 0.5) is 0 Å². The summed E-state index contributed by atoms with van der Waals surface area (Å²) >= 11 is 1.45. The molecule has 2 aromatic carbocycles. The Bertz CT molecular complexity index is 1270. The second-order valence-electron chi connectivity index (χ2n) is 7.65. The van der Waals surface area contributed by atoms with Crippen molar-refractivity contribution < 1.29 is 19.1 Å². The number of nitrogens with zero attached hydrogens (tertiary/aromatic N) is 2. The predicted octanol–water partition coefficient (Wildman–Crippen LogP) is 4.07. The summed E-state index contributed by atoms with van der Waals surface area (Å²) in [4.78, 5) is 38.2. The number of ketones is 1. The van der Waals surface area contributed by atoms with Crippen molar-refractivity contribution in [2.24, 2.45) is 0 Å². The van der Waals surface area contributed by atoms with E-state index < -0.39 is 24.5 Å².